The summed E-state index contributed by atoms with van der Waals surface area (Å²) in [7, 11) is 1.92. The predicted molar refractivity (Wildman–Crippen MR) is 91.0 cm³/mol. The summed E-state index contributed by atoms with van der Waals surface area (Å²) in [6.07, 6.45) is 2.30. The topological polar surface area (TPSA) is 72.3 Å². The monoisotopic (exact) mass is 347 g/mol. The van der Waals surface area contributed by atoms with Gasteiger partial charge in [0.25, 0.3) is 0 Å². The third-order valence-corrected chi connectivity index (χ3v) is 5.30. The number of aromatic nitrogens is 3. The van der Waals surface area contributed by atoms with Crippen molar-refractivity contribution in [2.24, 2.45) is 7.05 Å². The first-order valence-corrected chi connectivity index (χ1v) is 9.23. The van der Waals surface area contributed by atoms with E-state index in [0.29, 0.717) is 19.6 Å². The Kier molecular flexibility index (Phi) is 4.24. The molecule has 24 heavy (non-hydrogen) atoms. The number of aryl methyl sites for hydroxylation is 1. The van der Waals surface area contributed by atoms with Crippen molar-refractivity contribution in [3.05, 3.63) is 22.7 Å². The fraction of sp³-hybridized carbons (Fsp3) is 0.562. The van der Waals surface area contributed by atoms with E-state index in [0.717, 1.165) is 36.7 Å². The number of hydrogen-bond donors (Lipinski definition) is 1. The lowest BCUT2D eigenvalue weighted by Gasteiger charge is -2.38. The van der Waals surface area contributed by atoms with Gasteiger partial charge in [0.05, 0.1) is 12.0 Å². The zero-order chi connectivity index (χ0) is 16.5. The van der Waals surface area contributed by atoms with E-state index < -0.39 is 0 Å². The number of rotatable bonds is 4. The minimum Gasteiger partial charge on any atom is -0.376 e. The summed E-state index contributed by atoms with van der Waals surface area (Å²) in [5, 5.41) is 11.5. The van der Waals surface area contributed by atoms with E-state index in [1.54, 1.807) is 11.3 Å². The summed E-state index contributed by atoms with van der Waals surface area (Å²) in [5.74, 6) is 1.96. The third-order valence-electron chi connectivity index (χ3n) is 4.61. The van der Waals surface area contributed by atoms with E-state index in [9.17, 15) is 4.79 Å². The molecular weight excluding hydrogens is 326 g/mol. The molecule has 4 heterocycles. The second-order valence-electron chi connectivity index (χ2n) is 6.35. The molecule has 0 bridgehead atoms. The summed E-state index contributed by atoms with van der Waals surface area (Å²) < 4.78 is 7.36. The fourth-order valence-electron chi connectivity index (χ4n) is 3.19. The van der Waals surface area contributed by atoms with Gasteiger partial charge in [0.1, 0.15) is 5.82 Å². The Hall–Kier alpha value is -1.93. The van der Waals surface area contributed by atoms with Gasteiger partial charge in [-0.2, -0.15) is 16.4 Å². The Morgan fingerprint density at radius 3 is 3.08 bits per heavy atom. The van der Waals surface area contributed by atoms with Crippen LogP contribution in [-0.2, 0) is 11.8 Å². The lowest BCUT2D eigenvalue weighted by atomic mass is 10.00. The SMILES string of the molecule is Cn1nc(-c2ccsc2)nc1C1CN(C(=O)NCC2CCCO2)C1. The standard InChI is InChI=1S/C16H21N5O2S/c1-20-15(18-14(19-20)11-4-6-24-10-11)12-8-21(9-12)16(22)17-7-13-3-2-5-23-13/h4,6,10,12-13H,2-3,5,7-9H2,1H3,(H,17,22). The number of nitrogens with one attached hydrogen (secondary N) is 1. The van der Waals surface area contributed by atoms with Crippen molar-refractivity contribution >= 4 is 17.4 Å². The minimum atomic E-state index is -0.0121. The van der Waals surface area contributed by atoms with Crippen LogP contribution in [0.15, 0.2) is 16.8 Å². The molecule has 0 spiro atoms. The highest BCUT2D eigenvalue weighted by Gasteiger charge is 2.35. The third kappa shape index (κ3) is 3.03. The minimum absolute atomic E-state index is 0.0121. The lowest BCUT2D eigenvalue weighted by molar-refractivity contribution is 0.104. The quantitative estimate of drug-likeness (QED) is 0.916. The van der Waals surface area contributed by atoms with Crippen LogP contribution < -0.4 is 5.32 Å². The molecule has 1 atom stereocenters. The van der Waals surface area contributed by atoms with Crippen molar-refractivity contribution in [3.63, 3.8) is 0 Å². The summed E-state index contributed by atoms with van der Waals surface area (Å²) >= 11 is 1.64. The van der Waals surface area contributed by atoms with Gasteiger partial charge in [-0.25, -0.2) is 9.78 Å². The smallest absolute Gasteiger partial charge is 0.317 e. The van der Waals surface area contributed by atoms with Gasteiger partial charge in [0.15, 0.2) is 5.82 Å². The summed E-state index contributed by atoms with van der Waals surface area (Å²) in [6.45, 7) is 2.79. The number of thiophene rings is 1. The predicted octanol–water partition coefficient (Wildman–Crippen LogP) is 1.83. The van der Waals surface area contributed by atoms with Gasteiger partial charge in [-0.15, -0.1) is 0 Å². The van der Waals surface area contributed by atoms with Gasteiger partial charge in [0.2, 0.25) is 0 Å². The fourth-order valence-corrected chi connectivity index (χ4v) is 3.83. The molecule has 2 saturated heterocycles. The molecule has 0 aromatic carbocycles. The van der Waals surface area contributed by atoms with Crippen LogP contribution >= 0.6 is 11.3 Å². The zero-order valence-corrected chi connectivity index (χ0v) is 14.5. The van der Waals surface area contributed by atoms with Gasteiger partial charge >= 0.3 is 6.03 Å². The maximum Gasteiger partial charge on any atom is 0.317 e. The Morgan fingerprint density at radius 2 is 2.38 bits per heavy atom. The number of carbonyl (C=O) groups is 1. The van der Waals surface area contributed by atoms with E-state index in [1.807, 2.05) is 33.5 Å². The molecule has 2 aromatic heterocycles. The molecule has 2 aromatic rings. The number of likely N-dealkylation sites (tertiary alicyclic amines) is 1. The molecule has 2 amide bonds. The molecule has 0 saturated carbocycles. The first-order valence-electron chi connectivity index (χ1n) is 8.28. The Bertz CT molecular complexity index is 702. The molecule has 7 nitrogen and oxygen atoms in total. The average Bonchev–Trinajstić information content (AvgIpc) is 3.26. The lowest BCUT2D eigenvalue weighted by Crippen LogP contribution is -2.54. The normalized spacial score (nSPS) is 21.0. The molecule has 4 rings (SSSR count). The number of nitrogens with zero attached hydrogens (tertiary/aromatic N) is 4. The highest BCUT2D eigenvalue weighted by atomic mass is 32.1. The number of ether oxygens (including phenoxy) is 1. The van der Waals surface area contributed by atoms with Crippen LogP contribution in [-0.4, -0.2) is 58.0 Å². The van der Waals surface area contributed by atoms with Crippen molar-refractivity contribution in [2.75, 3.05) is 26.2 Å². The van der Waals surface area contributed by atoms with Crippen molar-refractivity contribution in [1.29, 1.82) is 0 Å². The van der Waals surface area contributed by atoms with Crippen molar-refractivity contribution in [2.45, 2.75) is 24.9 Å². The second-order valence-corrected chi connectivity index (χ2v) is 7.13. The first-order chi connectivity index (χ1) is 11.7. The van der Waals surface area contributed by atoms with Crippen LogP contribution in [0.5, 0.6) is 0 Å². The van der Waals surface area contributed by atoms with E-state index in [-0.39, 0.29) is 18.1 Å². The van der Waals surface area contributed by atoms with Gasteiger partial charge in [0, 0.05) is 44.2 Å². The number of carbonyl (C=O) groups excluding carboxylic acids is 1. The van der Waals surface area contributed by atoms with Crippen LogP contribution in [0.25, 0.3) is 11.4 Å². The van der Waals surface area contributed by atoms with Crippen molar-refractivity contribution < 1.29 is 9.53 Å². The summed E-state index contributed by atoms with van der Waals surface area (Å²) in [6, 6.07) is 2.01. The van der Waals surface area contributed by atoms with Crippen LogP contribution in [0.2, 0.25) is 0 Å². The van der Waals surface area contributed by atoms with Crippen LogP contribution in [0, 0.1) is 0 Å². The summed E-state index contributed by atoms with van der Waals surface area (Å²) in [4.78, 5) is 18.6. The average molecular weight is 347 g/mol. The Balaban J connectivity index is 1.31. The molecule has 0 aliphatic carbocycles. The largest absolute Gasteiger partial charge is 0.376 e. The van der Waals surface area contributed by atoms with E-state index in [2.05, 4.69) is 15.4 Å². The molecule has 1 N–H and O–H groups in total. The first kappa shape index (κ1) is 15.6. The zero-order valence-electron chi connectivity index (χ0n) is 13.6. The maximum absolute atomic E-state index is 12.2. The van der Waals surface area contributed by atoms with Gasteiger partial charge in [-0.05, 0) is 24.3 Å². The Labute approximate surface area is 144 Å². The molecule has 128 valence electrons. The highest BCUT2D eigenvalue weighted by molar-refractivity contribution is 7.08. The molecule has 2 aliphatic heterocycles. The molecule has 8 heteroatoms. The number of hydrogen-bond acceptors (Lipinski definition) is 5. The van der Waals surface area contributed by atoms with E-state index in [1.165, 1.54) is 0 Å². The van der Waals surface area contributed by atoms with Crippen molar-refractivity contribution in [1.82, 2.24) is 25.0 Å². The van der Waals surface area contributed by atoms with Crippen LogP contribution in [0.4, 0.5) is 4.79 Å². The molecule has 2 aliphatic rings. The number of amides is 2. The Morgan fingerprint density at radius 1 is 1.50 bits per heavy atom. The van der Waals surface area contributed by atoms with E-state index >= 15 is 0 Å². The van der Waals surface area contributed by atoms with Gasteiger partial charge in [-0.3, -0.25) is 4.68 Å². The van der Waals surface area contributed by atoms with Crippen molar-refractivity contribution in [3.8, 4) is 11.4 Å². The van der Waals surface area contributed by atoms with Gasteiger partial charge in [-0.1, -0.05) is 0 Å². The second kappa shape index (κ2) is 6.52. The van der Waals surface area contributed by atoms with Crippen LogP contribution in [0.3, 0.4) is 0 Å². The van der Waals surface area contributed by atoms with Gasteiger partial charge < -0.3 is 15.0 Å². The highest BCUT2D eigenvalue weighted by Crippen LogP contribution is 2.28. The summed E-state index contributed by atoms with van der Waals surface area (Å²) in [5.41, 5.74) is 1.05. The number of urea groups is 1. The molecule has 1 unspecified atom stereocenters. The molecule has 2 fully saturated rings. The molecule has 0 radical (unpaired) electrons. The maximum atomic E-state index is 12.2. The molecular formula is C16H21N5O2S. The van der Waals surface area contributed by atoms with E-state index in [4.69, 9.17) is 4.74 Å². The van der Waals surface area contributed by atoms with Crippen LogP contribution in [0.1, 0.15) is 24.6 Å².